The number of nitrogens with two attached hydrogens (primary N) is 1. The summed E-state index contributed by atoms with van der Waals surface area (Å²) in [7, 11) is 2.15. The molecule has 51 heavy (non-hydrogen) atoms. The average Bonchev–Trinajstić information content (AvgIpc) is 3.73. The Morgan fingerprint density at radius 2 is 1.61 bits per heavy atom. The molecule has 3 aromatic carbocycles. The summed E-state index contributed by atoms with van der Waals surface area (Å²) in [5.41, 5.74) is 14.8. The molecular weight excluding hydrogens is 635 g/mol. The molecule has 0 radical (unpaired) electrons. The smallest absolute Gasteiger partial charge is 0.242 e. The van der Waals surface area contributed by atoms with Gasteiger partial charge in [0, 0.05) is 60.8 Å². The minimum absolute atomic E-state index is 0.0295. The zero-order chi connectivity index (χ0) is 36.2. The van der Waals surface area contributed by atoms with Crippen molar-refractivity contribution in [3.05, 3.63) is 131 Å². The quantitative estimate of drug-likeness (QED) is 0.114. The van der Waals surface area contributed by atoms with Crippen LogP contribution in [0.15, 0.2) is 109 Å². The Morgan fingerprint density at radius 1 is 0.902 bits per heavy atom. The number of carbonyl (C=O) groups is 2. The molecular formula is C42H50N7O2+. The van der Waals surface area contributed by atoms with Crippen LogP contribution in [0.3, 0.4) is 0 Å². The highest BCUT2D eigenvalue weighted by Gasteiger charge is 2.44. The fourth-order valence-corrected chi connectivity index (χ4v) is 7.63. The van der Waals surface area contributed by atoms with E-state index in [0.29, 0.717) is 18.5 Å². The highest BCUT2D eigenvalue weighted by atomic mass is 16.2. The summed E-state index contributed by atoms with van der Waals surface area (Å²) in [5, 5.41) is 11.2. The van der Waals surface area contributed by atoms with Crippen molar-refractivity contribution in [3.63, 3.8) is 0 Å². The van der Waals surface area contributed by atoms with E-state index < -0.39 is 11.9 Å². The highest BCUT2D eigenvalue weighted by Crippen LogP contribution is 2.46. The predicted molar refractivity (Wildman–Crippen MR) is 203 cm³/mol. The number of hydrogen-bond acceptors (Lipinski definition) is 5. The zero-order valence-electron chi connectivity index (χ0n) is 30.5. The number of rotatable bonds is 14. The van der Waals surface area contributed by atoms with Crippen LogP contribution in [-0.2, 0) is 33.4 Å². The van der Waals surface area contributed by atoms with Gasteiger partial charge in [0.05, 0.1) is 18.2 Å². The Kier molecular flexibility index (Phi) is 10.4. The summed E-state index contributed by atoms with van der Waals surface area (Å²) in [6.07, 6.45) is 12.0. The molecule has 1 atom stereocenters. The second-order valence-corrected chi connectivity index (χ2v) is 14.7. The number of unbranched alkanes of at least 4 members (excludes halogenated alkanes) is 2. The number of amides is 2. The second-order valence-electron chi connectivity index (χ2n) is 14.7. The molecule has 4 aromatic rings. The molecule has 6 rings (SSSR count). The minimum atomic E-state index is -0.651. The number of fused-ring (bicyclic) bond motifs is 2. The fraction of sp³-hybridized carbons (Fsp3) is 0.357. The second kappa shape index (κ2) is 14.9. The molecule has 9 nitrogen and oxygen atoms in total. The third kappa shape index (κ3) is 7.43. The SMILES string of the molecule is CN1/C(=C/C=C/C2=[N+](CCCCCC(=O)NCc3cn([C@@H](Cc4ccccc4)C(N)=O)nn3)c3ccccc3C2(C)C)C(C)(C)c2ccccc21. The van der Waals surface area contributed by atoms with Crippen LogP contribution in [0.5, 0.6) is 0 Å². The topological polar surface area (TPSA) is 109 Å². The van der Waals surface area contributed by atoms with Crippen LogP contribution in [0.4, 0.5) is 11.4 Å². The normalized spacial score (nSPS) is 17.2. The molecule has 0 saturated heterocycles. The van der Waals surface area contributed by atoms with Crippen molar-refractivity contribution in [2.45, 2.75) is 83.2 Å². The lowest BCUT2D eigenvalue weighted by Gasteiger charge is -2.23. The molecule has 0 spiro atoms. The molecule has 1 aromatic heterocycles. The third-order valence-electron chi connectivity index (χ3n) is 10.5. The van der Waals surface area contributed by atoms with Crippen molar-refractivity contribution < 1.29 is 14.2 Å². The van der Waals surface area contributed by atoms with E-state index >= 15 is 0 Å². The summed E-state index contributed by atoms with van der Waals surface area (Å²) < 4.78 is 3.95. The summed E-state index contributed by atoms with van der Waals surface area (Å²) >= 11 is 0. The largest absolute Gasteiger partial charge is 0.368 e. The van der Waals surface area contributed by atoms with Gasteiger partial charge in [-0.25, -0.2) is 4.68 Å². The van der Waals surface area contributed by atoms with Gasteiger partial charge in [-0.2, -0.15) is 4.58 Å². The highest BCUT2D eigenvalue weighted by molar-refractivity contribution is 6.03. The molecule has 3 heterocycles. The number of likely N-dealkylation sites (N-methyl/N-ethyl adjacent to an activating group) is 1. The summed E-state index contributed by atoms with van der Waals surface area (Å²) in [5.74, 6) is -0.510. The number of primary amides is 1. The van der Waals surface area contributed by atoms with Gasteiger partial charge in [0.25, 0.3) is 0 Å². The first kappa shape index (κ1) is 35.5. The first-order chi connectivity index (χ1) is 24.5. The molecule has 2 aliphatic heterocycles. The van der Waals surface area contributed by atoms with E-state index in [4.69, 9.17) is 5.73 Å². The lowest BCUT2D eigenvalue weighted by atomic mass is 9.81. The van der Waals surface area contributed by atoms with Gasteiger partial charge in [-0.1, -0.05) is 91.9 Å². The van der Waals surface area contributed by atoms with Crippen molar-refractivity contribution in [1.29, 1.82) is 0 Å². The van der Waals surface area contributed by atoms with Crippen LogP contribution in [0.2, 0.25) is 0 Å². The van der Waals surface area contributed by atoms with Gasteiger partial charge in [-0.15, -0.1) is 5.10 Å². The molecule has 2 amide bonds. The van der Waals surface area contributed by atoms with E-state index in [1.165, 1.54) is 38.6 Å². The number of benzene rings is 3. The Balaban J connectivity index is 1.04. The summed E-state index contributed by atoms with van der Waals surface area (Å²) in [6, 6.07) is 26.4. The molecule has 0 aliphatic carbocycles. The first-order valence-electron chi connectivity index (χ1n) is 18.0. The molecule has 2 aliphatic rings. The Labute approximate surface area is 301 Å². The van der Waals surface area contributed by atoms with Crippen molar-refractivity contribution in [2.75, 3.05) is 18.5 Å². The van der Waals surface area contributed by atoms with Crippen LogP contribution in [-0.4, -0.2) is 50.7 Å². The summed E-state index contributed by atoms with van der Waals surface area (Å²) in [6.45, 7) is 10.3. The first-order valence-corrected chi connectivity index (χ1v) is 18.0. The van der Waals surface area contributed by atoms with Crippen molar-refractivity contribution in [1.82, 2.24) is 20.3 Å². The number of para-hydroxylation sites is 2. The van der Waals surface area contributed by atoms with Crippen LogP contribution in [0.25, 0.3) is 0 Å². The van der Waals surface area contributed by atoms with Crippen molar-refractivity contribution in [3.8, 4) is 0 Å². The van der Waals surface area contributed by atoms with Crippen molar-refractivity contribution in [2.24, 2.45) is 5.73 Å². The number of allylic oxidation sites excluding steroid dienone is 4. The number of anilines is 1. The zero-order valence-corrected chi connectivity index (χ0v) is 30.5. The molecule has 9 heteroatoms. The van der Waals surface area contributed by atoms with Crippen LogP contribution >= 0.6 is 0 Å². The third-order valence-corrected chi connectivity index (χ3v) is 10.5. The molecule has 0 unspecified atom stereocenters. The van der Waals surface area contributed by atoms with Gasteiger partial charge in [0.2, 0.25) is 17.5 Å². The maximum absolute atomic E-state index is 12.7. The number of carbonyl (C=O) groups excluding carboxylic acids is 2. The predicted octanol–water partition coefficient (Wildman–Crippen LogP) is 6.67. The monoisotopic (exact) mass is 684 g/mol. The van der Waals surface area contributed by atoms with Gasteiger partial charge >= 0.3 is 0 Å². The molecule has 264 valence electrons. The van der Waals surface area contributed by atoms with Gasteiger partial charge in [0.1, 0.15) is 18.3 Å². The summed E-state index contributed by atoms with van der Waals surface area (Å²) in [4.78, 5) is 27.2. The van der Waals surface area contributed by atoms with Gasteiger partial charge in [-0.3, -0.25) is 9.59 Å². The average molecular weight is 685 g/mol. The number of nitrogens with one attached hydrogen (secondary N) is 1. The van der Waals surface area contributed by atoms with E-state index in [9.17, 15) is 9.59 Å². The lowest BCUT2D eigenvalue weighted by molar-refractivity contribution is -0.438. The van der Waals surface area contributed by atoms with E-state index in [0.717, 1.165) is 31.4 Å². The molecule has 0 bridgehead atoms. The molecule has 3 N–H and O–H groups in total. The minimum Gasteiger partial charge on any atom is -0.368 e. The van der Waals surface area contributed by atoms with E-state index in [1.54, 1.807) is 6.20 Å². The standard InChI is InChI=1S/C42H49N7O2/c1-41(2)32-19-11-13-21-34(32)47(5)37(41)23-16-24-38-42(3,4)33-20-12-14-22-35(33)48(38)26-15-7-10-25-39(50)44-28-31-29-49(46-45-31)36(40(43)51)27-30-17-8-6-9-18-30/h6,8-9,11-14,16-24,29,36H,7,10,15,25-28H2,1-5H3,(H2-,43,44,50,51)/p+1/t36-/m0/s1. The van der Waals surface area contributed by atoms with E-state index in [-0.39, 0.29) is 23.3 Å². The van der Waals surface area contributed by atoms with E-state index in [2.05, 4.69) is 127 Å². The maximum Gasteiger partial charge on any atom is 0.242 e. The number of nitrogens with zero attached hydrogens (tertiary/aromatic N) is 5. The molecule has 0 saturated carbocycles. The number of hydrogen-bond donors (Lipinski definition) is 2. The Bertz CT molecular complexity index is 1990. The van der Waals surface area contributed by atoms with Gasteiger partial charge in [-0.05, 0) is 50.0 Å². The Hall–Kier alpha value is -5.31. The van der Waals surface area contributed by atoms with Crippen LogP contribution < -0.4 is 16.0 Å². The van der Waals surface area contributed by atoms with Crippen molar-refractivity contribution >= 4 is 28.9 Å². The number of aromatic nitrogens is 3. The van der Waals surface area contributed by atoms with Crippen LogP contribution in [0, 0.1) is 0 Å². The fourth-order valence-electron chi connectivity index (χ4n) is 7.63. The maximum atomic E-state index is 12.7. The van der Waals surface area contributed by atoms with E-state index in [1.807, 2.05) is 30.3 Å². The van der Waals surface area contributed by atoms with Gasteiger partial charge in [0.15, 0.2) is 5.71 Å². The van der Waals surface area contributed by atoms with Gasteiger partial charge < -0.3 is 16.0 Å². The lowest BCUT2D eigenvalue weighted by Crippen LogP contribution is -2.28. The van der Waals surface area contributed by atoms with Crippen LogP contribution in [0.1, 0.15) is 81.8 Å². The Morgan fingerprint density at radius 3 is 2.35 bits per heavy atom. The molecule has 0 fully saturated rings.